The van der Waals surface area contributed by atoms with Crippen LogP contribution in [0.25, 0.3) is 0 Å². The molecule has 2 aliphatic rings. The predicted molar refractivity (Wildman–Crippen MR) is 68.0 cm³/mol. The van der Waals surface area contributed by atoms with Crippen molar-refractivity contribution in [2.75, 3.05) is 18.0 Å². The van der Waals surface area contributed by atoms with Crippen LogP contribution in [0, 0.1) is 13.8 Å². The van der Waals surface area contributed by atoms with Crippen molar-refractivity contribution in [2.45, 2.75) is 32.9 Å². The van der Waals surface area contributed by atoms with Crippen LogP contribution in [0.15, 0.2) is 18.2 Å². The number of hydrogen-bond donors (Lipinski definition) is 0. The number of anilines is 1. The van der Waals surface area contributed by atoms with E-state index in [9.17, 15) is 4.79 Å². The van der Waals surface area contributed by atoms with Crippen LogP contribution in [0.4, 0.5) is 5.69 Å². The summed E-state index contributed by atoms with van der Waals surface area (Å²) in [5.74, 6) is 0.257. The molecule has 1 aromatic carbocycles. The topological polar surface area (TPSA) is 23.6 Å². The number of aryl methyl sites for hydroxylation is 2. The lowest BCUT2D eigenvalue weighted by atomic mass is 10.1. The summed E-state index contributed by atoms with van der Waals surface area (Å²) in [6.07, 6.45) is 2.63. The van der Waals surface area contributed by atoms with Crippen LogP contribution < -0.4 is 4.90 Å². The molecule has 1 aromatic rings. The Morgan fingerprint density at radius 1 is 1.24 bits per heavy atom. The zero-order valence-corrected chi connectivity index (χ0v) is 10.4. The molecule has 0 saturated carbocycles. The monoisotopic (exact) mass is 230 g/mol. The minimum atomic E-state index is 0.257. The van der Waals surface area contributed by atoms with Gasteiger partial charge in [0, 0.05) is 6.54 Å². The summed E-state index contributed by atoms with van der Waals surface area (Å²) in [7, 11) is 0. The number of amides is 1. The van der Waals surface area contributed by atoms with E-state index in [0.717, 1.165) is 18.7 Å². The van der Waals surface area contributed by atoms with Gasteiger partial charge in [0.1, 0.15) is 0 Å². The average molecular weight is 230 g/mol. The Hall–Kier alpha value is -1.35. The molecule has 2 saturated heterocycles. The summed E-state index contributed by atoms with van der Waals surface area (Å²) >= 11 is 0. The molecule has 0 radical (unpaired) electrons. The highest BCUT2D eigenvalue weighted by Crippen LogP contribution is 2.34. The second kappa shape index (κ2) is 3.84. The molecular weight excluding hydrogens is 212 g/mol. The molecule has 1 atom stereocenters. The predicted octanol–water partition coefficient (Wildman–Crippen LogP) is 2.07. The average Bonchev–Trinajstić information content (AvgIpc) is 2.81. The van der Waals surface area contributed by atoms with Crippen molar-refractivity contribution in [1.29, 1.82) is 0 Å². The maximum Gasteiger partial charge on any atom is 0.242 e. The molecule has 0 aromatic heterocycles. The van der Waals surface area contributed by atoms with Crippen molar-refractivity contribution in [3.05, 3.63) is 29.3 Å². The van der Waals surface area contributed by atoms with Gasteiger partial charge in [0.2, 0.25) is 5.91 Å². The van der Waals surface area contributed by atoms with Crippen LogP contribution in [0.2, 0.25) is 0 Å². The Labute approximate surface area is 102 Å². The number of para-hydroxylation sites is 1. The van der Waals surface area contributed by atoms with Crippen LogP contribution >= 0.6 is 0 Å². The van der Waals surface area contributed by atoms with Crippen molar-refractivity contribution in [1.82, 2.24) is 4.90 Å². The van der Waals surface area contributed by atoms with Gasteiger partial charge in [-0.1, -0.05) is 18.2 Å². The number of carbonyl (C=O) groups excluding carboxylic acids is 1. The van der Waals surface area contributed by atoms with E-state index in [1.807, 2.05) is 4.90 Å². The summed E-state index contributed by atoms with van der Waals surface area (Å²) in [5.41, 5.74) is 3.53. The second-order valence-electron chi connectivity index (χ2n) is 5.10. The van der Waals surface area contributed by atoms with E-state index in [-0.39, 0.29) is 5.91 Å². The third-order valence-electron chi connectivity index (χ3n) is 3.91. The lowest BCUT2D eigenvalue weighted by molar-refractivity contribution is -0.116. The van der Waals surface area contributed by atoms with Gasteiger partial charge in [-0.25, -0.2) is 0 Å². The zero-order valence-electron chi connectivity index (χ0n) is 10.4. The van der Waals surface area contributed by atoms with E-state index in [0.29, 0.717) is 12.7 Å². The zero-order chi connectivity index (χ0) is 12.0. The number of hydrogen-bond acceptors (Lipinski definition) is 2. The van der Waals surface area contributed by atoms with Crippen molar-refractivity contribution >= 4 is 11.6 Å². The molecule has 3 heteroatoms. The SMILES string of the molecule is Cc1cccc(C)c1N1C(=O)CN2CCCC21. The standard InChI is InChI=1S/C14H18N2O/c1-10-5-3-6-11(2)14(10)16-12-7-4-8-15(12)9-13(16)17/h3,5-6,12H,4,7-9H2,1-2H3. The summed E-state index contributed by atoms with van der Waals surface area (Å²) in [6, 6.07) is 6.24. The molecule has 17 heavy (non-hydrogen) atoms. The fourth-order valence-corrected chi connectivity index (χ4v) is 3.16. The van der Waals surface area contributed by atoms with Crippen molar-refractivity contribution in [2.24, 2.45) is 0 Å². The fraction of sp³-hybridized carbons (Fsp3) is 0.500. The Kier molecular flexibility index (Phi) is 2.44. The minimum absolute atomic E-state index is 0.257. The van der Waals surface area contributed by atoms with Gasteiger partial charge >= 0.3 is 0 Å². The van der Waals surface area contributed by atoms with Gasteiger partial charge in [0.25, 0.3) is 0 Å². The first-order valence-electron chi connectivity index (χ1n) is 6.31. The van der Waals surface area contributed by atoms with E-state index >= 15 is 0 Å². The van der Waals surface area contributed by atoms with Crippen molar-refractivity contribution in [3.8, 4) is 0 Å². The first kappa shape index (κ1) is 10.8. The number of nitrogens with zero attached hydrogens (tertiary/aromatic N) is 2. The lowest BCUT2D eigenvalue weighted by Gasteiger charge is -2.27. The van der Waals surface area contributed by atoms with Gasteiger partial charge in [-0.05, 0) is 37.8 Å². The maximum atomic E-state index is 12.2. The van der Waals surface area contributed by atoms with Gasteiger partial charge in [-0.2, -0.15) is 0 Å². The van der Waals surface area contributed by atoms with E-state index in [1.54, 1.807) is 0 Å². The molecular formula is C14H18N2O. The first-order chi connectivity index (χ1) is 8.18. The maximum absolute atomic E-state index is 12.2. The van der Waals surface area contributed by atoms with E-state index in [2.05, 4.69) is 36.9 Å². The molecule has 2 heterocycles. The molecule has 1 amide bonds. The molecule has 2 aliphatic heterocycles. The van der Waals surface area contributed by atoms with Crippen molar-refractivity contribution in [3.63, 3.8) is 0 Å². The van der Waals surface area contributed by atoms with Gasteiger partial charge in [-0.3, -0.25) is 14.6 Å². The quantitative estimate of drug-likeness (QED) is 0.737. The molecule has 0 spiro atoms. The Morgan fingerprint density at radius 3 is 2.65 bits per heavy atom. The molecule has 0 aliphatic carbocycles. The number of carbonyl (C=O) groups is 1. The van der Waals surface area contributed by atoms with Gasteiger partial charge in [0.05, 0.1) is 18.4 Å². The largest absolute Gasteiger partial charge is 0.295 e. The highest BCUT2D eigenvalue weighted by Gasteiger charge is 2.41. The summed E-state index contributed by atoms with van der Waals surface area (Å²) in [4.78, 5) is 16.5. The lowest BCUT2D eigenvalue weighted by Crippen LogP contribution is -2.36. The Balaban J connectivity index is 2.06. The smallest absolute Gasteiger partial charge is 0.242 e. The molecule has 2 fully saturated rings. The highest BCUT2D eigenvalue weighted by molar-refractivity contribution is 5.99. The molecule has 0 N–H and O–H groups in total. The normalized spacial score (nSPS) is 24.5. The third kappa shape index (κ3) is 1.57. The van der Waals surface area contributed by atoms with Crippen LogP contribution in [0.5, 0.6) is 0 Å². The molecule has 3 nitrogen and oxygen atoms in total. The third-order valence-corrected chi connectivity index (χ3v) is 3.91. The van der Waals surface area contributed by atoms with E-state index in [1.165, 1.54) is 17.5 Å². The van der Waals surface area contributed by atoms with E-state index in [4.69, 9.17) is 0 Å². The van der Waals surface area contributed by atoms with Gasteiger partial charge in [-0.15, -0.1) is 0 Å². The van der Waals surface area contributed by atoms with Crippen LogP contribution in [-0.2, 0) is 4.79 Å². The summed E-state index contributed by atoms with van der Waals surface area (Å²) < 4.78 is 0. The second-order valence-corrected chi connectivity index (χ2v) is 5.10. The summed E-state index contributed by atoms with van der Waals surface area (Å²) in [6.45, 7) is 5.84. The molecule has 0 bridgehead atoms. The van der Waals surface area contributed by atoms with Gasteiger partial charge in [0.15, 0.2) is 0 Å². The Bertz CT molecular complexity index is 449. The van der Waals surface area contributed by atoms with Crippen LogP contribution in [0.1, 0.15) is 24.0 Å². The number of rotatable bonds is 1. The highest BCUT2D eigenvalue weighted by atomic mass is 16.2. The fourth-order valence-electron chi connectivity index (χ4n) is 3.16. The summed E-state index contributed by atoms with van der Waals surface area (Å²) in [5, 5.41) is 0. The van der Waals surface area contributed by atoms with Gasteiger partial charge < -0.3 is 0 Å². The number of fused-ring (bicyclic) bond motifs is 1. The molecule has 1 unspecified atom stereocenters. The van der Waals surface area contributed by atoms with Crippen molar-refractivity contribution < 1.29 is 4.79 Å². The molecule has 3 rings (SSSR count). The molecule has 90 valence electrons. The Morgan fingerprint density at radius 2 is 1.94 bits per heavy atom. The minimum Gasteiger partial charge on any atom is -0.295 e. The van der Waals surface area contributed by atoms with Crippen LogP contribution in [0.3, 0.4) is 0 Å². The first-order valence-corrected chi connectivity index (χ1v) is 6.31. The number of benzene rings is 1. The van der Waals surface area contributed by atoms with E-state index < -0.39 is 0 Å². The van der Waals surface area contributed by atoms with Crippen LogP contribution in [-0.4, -0.2) is 30.1 Å².